The number of amides is 1. The van der Waals surface area contributed by atoms with Crippen LogP contribution in [0.15, 0.2) is 71.6 Å². The lowest BCUT2D eigenvalue weighted by Gasteiger charge is -2.29. The molecule has 9 nitrogen and oxygen atoms in total. The van der Waals surface area contributed by atoms with E-state index in [1.807, 2.05) is 0 Å². The van der Waals surface area contributed by atoms with Gasteiger partial charge in [0.15, 0.2) is 0 Å². The third-order valence-electron chi connectivity index (χ3n) is 6.29. The number of benzene rings is 3. The number of fused-ring (bicyclic) bond motifs is 1. The molecule has 1 unspecified atom stereocenters. The molecule has 214 valence electrons. The van der Waals surface area contributed by atoms with Gasteiger partial charge in [-0.2, -0.15) is 4.31 Å². The Balaban J connectivity index is 1.71. The number of sulfonamides is 1. The van der Waals surface area contributed by atoms with E-state index in [0.29, 0.717) is 17.0 Å². The molecule has 1 heterocycles. The summed E-state index contributed by atoms with van der Waals surface area (Å²) in [5.74, 6) is 4.58. The third kappa shape index (κ3) is 6.67. The van der Waals surface area contributed by atoms with E-state index in [2.05, 4.69) is 11.8 Å². The number of hydrogen-bond donors (Lipinski definition) is 0. The van der Waals surface area contributed by atoms with E-state index in [-0.39, 0.29) is 46.8 Å². The quantitative estimate of drug-likeness (QED) is 0.286. The van der Waals surface area contributed by atoms with Crippen LogP contribution in [0.25, 0.3) is 0 Å². The second-order valence-corrected chi connectivity index (χ2v) is 11.5. The Morgan fingerprint density at radius 2 is 1.66 bits per heavy atom. The van der Waals surface area contributed by atoms with Crippen molar-refractivity contribution in [2.45, 2.75) is 17.5 Å². The lowest BCUT2D eigenvalue weighted by atomic mass is 10.1. The first-order chi connectivity index (χ1) is 19.7. The second kappa shape index (κ2) is 13.4. The van der Waals surface area contributed by atoms with Crippen molar-refractivity contribution in [2.24, 2.45) is 0 Å². The predicted octanol–water partition coefficient (Wildman–Crippen LogP) is 4.41. The van der Waals surface area contributed by atoms with Crippen molar-refractivity contribution in [3.63, 3.8) is 0 Å². The first-order valence-corrected chi connectivity index (χ1v) is 14.5. The molecule has 0 spiro atoms. The minimum absolute atomic E-state index is 0.0481. The molecule has 12 heteroatoms. The zero-order chi connectivity index (χ0) is 29.6. The highest BCUT2D eigenvalue weighted by Gasteiger charge is 2.42. The van der Waals surface area contributed by atoms with Gasteiger partial charge < -0.3 is 19.1 Å². The topological polar surface area (TPSA) is 102 Å². The highest BCUT2D eigenvalue weighted by atomic mass is 35.5. The zero-order valence-corrected chi connectivity index (χ0v) is 24.5. The summed E-state index contributed by atoms with van der Waals surface area (Å²) in [7, 11) is -1.57. The molecule has 1 atom stereocenters. The number of esters is 1. The van der Waals surface area contributed by atoms with Gasteiger partial charge in [0.2, 0.25) is 10.0 Å². The number of anilines is 1. The van der Waals surface area contributed by atoms with Gasteiger partial charge in [-0.15, -0.1) is 0 Å². The summed E-state index contributed by atoms with van der Waals surface area (Å²) in [6, 6.07) is 15.9. The molecule has 0 radical (unpaired) electrons. The van der Waals surface area contributed by atoms with Crippen LogP contribution >= 0.6 is 23.2 Å². The van der Waals surface area contributed by atoms with Crippen molar-refractivity contribution in [1.29, 1.82) is 0 Å². The molecule has 3 aromatic carbocycles. The van der Waals surface area contributed by atoms with Crippen LogP contribution in [-0.2, 0) is 30.8 Å². The van der Waals surface area contributed by atoms with Gasteiger partial charge in [-0.1, -0.05) is 59.3 Å². The Morgan fingerprint density at radius 1 is 0.951 bits per heavy atom. The molecule has 0 aromatic heterocycles. The first-order valence-electron chi connectivity index (χ1n) is 12.3. The summed E-state index contributed by atoms with van der Waals surface area (Å²) in [5, 5.41) is 0.232. The zero-order valence-electron chi connectivity index (χ0n) is 22.2. The number of methoxy groups -OCH3 is 2. The van der Waals surface area contributed by atoms with E-state index in [0.717, 1.165) is 11.4 Å². The van der Waals surface area contributed by atoms with E-state index in [4.69, 9.17) is 37.4 Å². The number of hydrogen-bond acceptors (Lipinski definition) is 7. The molecule has 4 rings (SSSR count). The molecule has 1 aliphatic rings. The molecule has 0 saturated heterocycles. The molecule has 0 bridgehead atoms. The van der Waals surface area contributed by atoms with Crippen LogP contribution in [0.1, 0.15) is 15.9 Å². The highest BCUT2D eigenvalue weighted by Crippen LogP contribution is 2.34. The first kappa shape index (κ1) is 30.4. The molecule has 41 heavy (non-hydrogen) atoms. The Labute approximate surface area is 248 Å². The summed E-state index contributed by atoms with van der Waals surface area (Å²) >= 11 is 12.5. The van der Waals surface area contributed by atoms with Gasteiger partial charge in [-0.05, 0) is 48.0 Å². The number of carbonyl (C=O) groups is 2. The smallest absolute Gasteiger partial charge is 0.326 e. The van der Waals surface area contributed by atoms with Crippen molar-refractivity contribution >= 4 is 50.8 Å². The van der Waals surface area contributed by atoms with E-state index >= 15 is 0 Å². The summed E-state index contributed by atoms with van der Waals surface area (Å²) in [4.78, 5) is 28.1. The van der Waals surface area contributed by atoms with Crippen LogP contribution in [0, 0.1) is 11.8 Å². The Morgan fingerprint density at radius 3 is 2.37 bits per heavy atom. The van der Waals surface area contributed by atoms with Gasteiger partial charge in [-0.3, -0.25) is 9.59 Å². The highest BCUT2D eigenvalue weighted by molar-refractivity contribution is 7.89. The van der Waals surface area contributed by atoms with Gasteiger partial charge in [-0.25, -0.2) is 8.42 Å². The van der Waals surface area contributed by atoms with Gasteiger partial charge in [0.25, 0.3) is 5.91 Å². The molecule has 0 aliphatic carbocycles. The van der Waals surface area contributed by atoms with Crippen molar-refractivity contribution in [1.82, 2.24) is 4.31 Å². The lowest BCUT2D eigenvalue weighted by Crippen LogP contribution is -2.50. The summed E-state index contributed by atoms with van der Waals surface area (Å²) < 4.78 is 44.4. The normalized spacial score (nSPS) is 15.2. The maximum absolute atomic E-state index is 14.0. The fraction of sp³-hybridized carbons (Fsp3) is 0.241. The van der Waals surface area contributed by atoms with Gasteiger partial charge in [0.1, 0.15) is 25.0 Å². The van der Waals surface area contributed by atoms with Crippen LogP contribution in [0.4, 0.5) is 5.69 Å². The molecule has 3 aromatic rings. The number of carbonyl (C=O) groups excluding carboxylic acids is 2. The standard InChI is InChI=1S/C29H26Cl2N2O7S/c1-38-16-5-6-17-40-21-12-14-22(15-13-21)41(36,37)33-18-20-8-3-4-11-25(20)32(19-26(33)29(35)39-2)28(34)23-9-7-10-24(30)27(23)31/h3-4,7-15,26H,16-19H2,1-2H3. The van der Waals surface area contributed by atoms with Crippen LogP contribution in [-0.4, -0.2) is 64.6 Å². The maximum atomic E-state index is 14.0. The van der Waals surface area contributed by atoms with E-state index in [9.17, 15) is 18.0 Å². The van der Waals surface area contributed by atoms with Crippen LogP contribution in [0.3, 0.4) is 0 Å². The molecule has 0 fully saturated rings. The van der Waals surface area contributed by atoms with Crippen LogP contribution < -0.4 is 9.64 Å². The minimum atomic E-state index is -4.26. The van der Waals surface area contributed by atoms with Crippen LogP contribution in [0.5, 0.6) is 5.75 Å². The fourth-order valence-corrected chi connectivity index (χ4v) is 6.20. The number of ether oxygens (including phenoxy) is 3. The third-order valence-corrected chi connectivity index (χ3v) is 8.98. The molecular formula is C29H26Cl2N2O7S. The number of halogens is 2. The predicted molar refractivity (Wildman–Crippen MR) is 155 cm³/mol. The number of nitrogens with zero attached hydrogens (tertiary/aromatic N) is 2. The van der Waals surface area contributed by atoms with E-state index < -0.39 is 27.9 Å². The van der Waals surface area contributed by atoms with Gasteiger partial charge in [0.05, 0.1) is 34.2 Å². The monoisotopic (exact) mass is 616 g/mol. The average Bonchev–Trinajstić information content (AvgIpc) is 3.16. The maximum Gasteiger partial charge on any atom is 0.326 e. The van der Waals surface area contributed by atoms with Crippen LogP contribution in [0.2, 0.25) is 10.0 Å². The Kier molecular flexibility index (Phi) is 9.91. The molecule has 1 aliphatic heterocycles. The van der Waals surface area contributed by atoms with Crippen molar-refractivity contribution in [2.75, 3.05) is 38.9 Å². The largest absolute Gasteiger partial charge is 0.481 e. The SMILES string of the molecule is COCC#CCOc1ccc(S(=O)(=O)N2Cc3ccccc3N(C(=O)c3cccc(Cl)c3Cl)CC2C(=O)OC)cc1. The van der Waals surface area contributed by atoms with Crippen molar-refractivity contribution < 1.29 is 32.2 Å². The average molecular weight is 618 g/mol. The number of rotatable bonds is 7. The Bertz CT molecular complexity index is 1600. The fourth-order valence-electron chi connectivity index (χ4n) is 4.27. The lowest BCUT2D eigenvalue weighted by molar-refractivity contribution is -0.144. The molecule has 0 saturated carbocycles. The molecular weight excluding hydrogens is 591 g/mol. The van der Waals surface area contributed by atoms with E-state index in [1.54, 1.807) is 36.4 Å². The number of para-hydroxylation sites is 1. The van der Waals surface area contributed by atoms with Gasteiger partial charge in [0, 0.05) is 19.3 Å². The van der Waals surface area contributed by atoms with Gasteiger partial charge >= 0.3 is 5.97 Å². The second-order valence-electron chi connectivity index (χ2n) is 8.78. The van der Waals surface area contributed by atoms with E-state index in [1.165, 1.54) is 42.3 Å². The molecule has 1 amide bonds. The van der Waals surface area contributed by atoms with Crippen molar-refractivity contribution in [3.8, 4) is 17.6 Å². The molecule has 0 N–H and O–H groups in total. The minimum Gasteiger partial charge on any atom is -0.481 e. The van der Waals surface area contributed by atoms with Crippen molar-refractivity contribution in [3.05, 3.63) is 87.9 Å². The summed E-state index contributed by atoms with van der Waals surface area (Å²) in [5.41, 5.74) is 1.04. The summed E-state index contributed by atoms with van der Waals surface area (Å²) in [6.45, 7) is -0.149. The Hall–Kier alpha value is -3.59. The summed E-state index contributed by atoms with van der Waals surface area (Å²) in [6.07, 6.45) is 0.